The van der Waals surface area contributed by atoms with Gasteiger partial charge in [0.15, 0.2) is 0 Å². The van der Waals surface area contributed by atoms with Gasteiger partial charge < -0.3 is 9.47 Å². The largest absolute Gasteiger partial charge is 0.573 e. The normalized spacial score (nSPS) is 19.8. The monoisotopic (exact) mass is 410 g/mol. The lowest BCUT2D eigenvalue weighted by atomic mass is 10.0. The lowest BCUT2D eigenvalue weighted by Crippen LogP contribution is -2.40. The highest BCUT2D eigenvalue weighted by molar-refractivity contribution is 5.91. The van der Waals surface area contributed by atoms with Crippen molar-refractivity contribution in [2.45, 2.75) is 31.9 Å². The van der Waals surface area contributed by atoms with E-state index in [-0.39, 0.29) is 18.4 Å². The Kier molecular flexibility index (Phi) is 5.08. The van der Waals surface area contributed by atoms with E-state index in [0.29, 0.717) is 31.7 Å². The van der Waals surface area contributed by atoms with Gasteiger partial charge in [0.25, 0.3) is 0 Å². The first-order valence-electron chi connectivity index (χ1n) is 9.10. The Balaban J connectivity index is 1.54. The van der Waals surface area contributed by atoms with Crippen molar-refractivity contribution in [2.24, 2.45) is 0 Å². The fourth-order valence-corrected chi connectivity index (χ4v) is 3.70. The molecule has 1 fully saturated rings. The number of carbonyl (C=O) groups excluding carboxylic acids is 1. The topological polar surface area (TPSA) is 42.0 Å². The first-order valence-corrected chi connectivity index (χ1v) is 9.10. The molecule has 4 rings (SSSR count). The minimum Gasteiger partial charge on any atom is -0.447 e. The molecule has 0 N–H and O–H groups in total. The summed E-state index contributed by atoms with van der Waals surface area (Å²) in [6.07, 6.45) is -4.57. The highest BCUT2D eigenvalue weighted by Crippen LogP contribution is 2.33. The van der Waals surface area contributed by atoms with Crippen LogP contribution in [0.3, 0.4) is 0 Å². The zero-order valence-corrected chi connectivity index (χ0v) is 15.3. The van der Waals surface area contributed by atoms with Crippen LogP contribution in [0.4, 0.5) is 28.0 Å². The second kappa shape index (κ2) is 7.55. The number of hydrogen-bond donors (Lipinski definition) is 0. The molecular weight excluding hydrogens is 392 g/mol. The maximum Gasteiger partial charge on any atom is 0.573 e. The fourth-order valence-electron chi connectivity index (χ4n) is 3.70. The van der Waals surface area contributed by atoms with Gasteiger partial charge in [0.05, 0.1) is 11.7 Å². The highest BCUT2D eigenvalue weighted by atomic mass is 19.4. The summed E-state index contributed by atoms with van der Waals surface area (Å²) < 4.78 is 59.8. The molecule has 0 bridgehead atoms. The van der Waals surface area contributed by atoms with Gasteiger partial charge in [-0.15, -0.1) is 13.2 Å². The van der Waals surface area contributed by atoms with Crippen LogP contribution in [0.2, 0.25) is 0 Å². The van der Waals surface area contributed by atoms with Crippen molar-refractivity contribution in [1.82, 2.24) is 4.90 Å². The van der Waals surface area contributed by atoms with Crippen molar-refractivity contribution in [3.63, 3.8) is 0 Å². The summed E-state index contributed by atoms with van der Waals surface area (Å²) in [5.41, 5.74) is 2.10. The molecule has 154 valence electrons. The Bertz CT molecular complexity index is 902. The molecule has 1 saturated heterocycles. The van der Waals surface area contributed by atoms with E-state index in [2.05, 4.69) is 9.64 Å². The van der Waals surface area contributed by atoms with Gasteiger partial charge in [-0.25, -0.2) is 9.18 Å². The molecule has 5 nitrogen and oxygen atoms in total. The number of cyclic esters (lactones) is 1. The number of rotatable bonds is 3. The molecule has 29 heavy (non-hydrogen) atoms. The molecule has 2 aromatic rings. The Morgan fingerprint density at radius 2 is 1.90 bits per heavy atom. The quantitative estimate of drug-likeness (QED) is 0.701. The molecule has 0 aliphatic carbocycles. The molecule has 1 amide bonds. The van der Waals surface area contributed by atoms with Gasteiger partial charge in [-0.1, -0.05) is 18.2 Å². The molecule has 0 saturated carbocycles. The zero-order valence-electron chi connectivity index (χ0n) is 15.3. The average molecular weight is 410 g/mol. The summed E-state index contributed by atoms with van der Waals surface area (Å²) in [5, 5.41) is 0. The van der Waals surface area contributed by atoms with E-state index in [1.54, 1.807) is 18.2 Å². The summed E-state index contributed by atoms with van der Waals surface area (Å²) in [6, 6.07) is 9.86. The Morgan fingerprint density at radius 1 is 1.14 bits per heavy atom. The van der Waals surface area contributed by atoms with Crippen LogP contribution in [0.1, 0.15) is 17.5 Å². The summed E-state index contributed by atoms with van der Waals surface area (Å²) in [6.45, 7) is 1.85. The van der Waals surface area contributed by atoms with Crippen LogP contribution in [-0.4, -0.2) is 36.5 Å². The van der Waals surface area contributed by atoms with Gasteiger partial charge in [-0.3, -0.25) is 9.80 Å². The van der Waals surface area contributed by atoms with Crippen molar-refractivity contribution in [1.29, 1.82) is 0 Å². The van der Waals surface area contributed by atoms with Gasteiger partial charge >= 0.3 is 12.5 Å². The number of halogens is 4. The van der Waals surface area contributed by atoms with E-state index in [1.165, 1.54) is 29.2 Å². The number of alkyl halides is 3. The van der Waals surface area contributed by atoms with Crippen LogP contribution in [-0.2, 0) is 17.8 Å². The van der Waals surface area contributed by atoms with E-state index in [4.69, 9.17) is 4.74 Å². The Morgan fingerprint density at radius 3 is 2.62 bits per heavy atom. The van der Waals surface area contributed by atoms with Gasteiger partial charge in [-0.2, -0.15) is 0 Å². The third-order valence-corrected chi connectivity index (χ3v) is 5.00. The smallest absolute Gasteiger partial charge is 0.447 e. The summed E-state index contributed by atoms with van der Waals surface area (Å²) in [4.78, 5) is 15.7. The van der Waals surface area contributed by atoms with Gasteiger partial charge in [0.2, 0.25) is 0 Å². The molecule has 0 radical (unpaired) electrons. The maximum absolute atomic E-state index is 13.8. The second-order valence-corrected chi connectivity index (χ2v) is 7.06. The van der Waals surface area contributed by atoms with Crippen LogP contribution in [0.15, 0.2) is 42.5 Å². The Hall–Kier alpha value is -2.81. The SMILES string of the molecule is O=C1OCC2CCN(Cc3ccc(OC(F)(F)F)cc3)Cc3ccc(F)cc3N12. The number of ether oxygens (including phenoxy) is 2. The van der Waals surface area contributed by atoms with Crippen molar-refractivity contribution in [2.75, 3.05) is 18.1 Å². The third kappa shape index (κ3) is 4.45. The number of anilines is 1. The number of nitrogens with zero attached hydrogens (tertiary/aromatic N) is 2. The fraction of sp³-hybridized carbons (Fsp3) is 0.350. The first kappa shape index (κ1) is 19.5. The lowest BCUT2D eigenvalue weighted by molar-refractivity contribution is -0.274. The summed E-state index contributed by atoms with van der Waals surface area (Å²) >= 11 is 0. The Labute approximate surface area is 164 Å². The van der Waals surface area contributed by atoms with Crippen LogP contribution >= 0.6 is 0 Å². The lowest BCUT2D eigenvalue weighted by Gasteiger charge is -2.32. The molecule has 0 spiro atoms. The van der Waals surface area contributed by atoms with E-state index < -0.39 is 18.3 Å². The van der Waals surface area contributed by atoms with Crippen LogP contribution < -0.4 is 9.64 Å². The standard InChI is InChI=1S/C20H18F4N2O3/c21-15-4-3-14-11-25(8-7-16-12-28-19(27)26(16)18(14)9-15)10-13-1-5-17(6-2-13)29-20(22,23)24/h1-6,9,16H,7-8,10-12H2. The molecule has 2 aliphatic heterocycles. The van der Waals surface area contributed by atoms with Crippen molar-refractivity contribution >= 4 is 11.8 Å². The number of benzene rings is 2. The average Bonchev–Trinajstić information content (AvgIpc) is 3.00. The molecule has 2 aromatic carbocycles. The van der Waals surface area contributed by atoms with Gasteiger partial charge in [0, 0.05) is 19.6 Å². The van der Waals surface area contributed by atoms with E-state index in [9.17, 15) is 22.4 Å². The molecule has 0 aromatic heterocycles. The van der Waals surface area contributed by atoms with Gasteiger partial charge in [0.1, 0.15) is 18.2 Å². The third-order valence-electron chi connectivity index (χ3n) is 5.00. The summed E-state index contributed by atoms with van der Waals surface area (Å²) in [5.74, 6) is -0.707. The molecule has 2 heterocycles. The number of carbonyl (C=O) groups is 1. The molecule has 1 atom stereocenters. The molecule has 9 heteroatoms. The predicted octanol–water partition coefficient (Wildman–Crippen LogP) is 4.46. The molecule has 2 aliphatic rings. The van der Waals surface area contributed by atoms with Gasteiger partial charge in [-0.05, 0) is 41.8 Å². The molecular formula is C20H18F4N2O3. The minimum atomic E-state index is -4.73. The van der Waals surface area contributed by atoms with Crippen molar-refractivity contribution in [3.05, 3.63) is 59.4 Å². The maximum atomic E-state index is 13.8. The predicted molar refractivity (Wildman–Crippen MR) is 95.9 cm³/mol. The summed E-state index contributed by atoms with van der Waals surface area (Å²) in [7, 11) is 0. The van der Waals surface area contributed by atoms with Crippen LogP contribution in [0, 0.1) is 5.82 Å². The molecule has 1 unspecified atom stereocenters. The second-order valence-electron chi connectivity index (χ2n) is 7.06. The number of amides is 1. The number of hydrogen-bond acceptors (Lipinski definition) is 4. The number of fused-ring (bicyclic) bond motifs is 3. The van der Waals surface area contributed by atoms with Crippen LogP contribution in [0.5, 0.6) is 5.75 Å². The minimum absolute atomic E-state index is 0.187. The van der Waals surface area contributed by atoms with Crippen molar-refractivity contribution in [3.8, 4) is 5.75 Å². The van der Waals surface area contributed by atoms with Crippen LogP contribution in [0.25, 0.3) is 0 Å². The van der Waals surface area contributed by atoms with Crippen molar-refractivity contribution < 1.29 is 31.8 Å². The highest BCUT2D eigenvalue weighted by Gasteiger charge is 2.37. The van der Waals surface area contributed by atoms with E-state index in [0.717, 1.165) is 11.1 Å². The zero-order chi connectivity index (χ0) is 20.6. The van der Waals surface area contributed by atoms with E-state index >= 15 is 0 Å². The van der Waals surface area contributed by atoms with E-state index in [1.807, 2.05) is 0 Å². The first-order chi connectivity index (χ1) is 13.8.